The molecule has 0 aliphatic rings. The molecule has 0 fully saturated rings. The number of hydrogen-bond donors (Lipinski definition) is 0. The molecule has 0 spiro atoms. The number of rotatable bonds is 8. The van der Waals surface area contributed by atoms with Gasteiger partial charge in [0.2, 0.25) is 0 Å². The van der Waals surface area contributed by atoms with Gasteiger partial charge in [-0.1, -0.05) is 6.92 Å². The smallest absolute Gasteiger partial charge is 0.161 e. The molecule has 2 aromatic rings. The molecule has 2 heterocycles. The van der Waals surface area contributed by atoms with Crippen LogP contribution in [0.15, 0.2) is 10.8 Å². The van der Waals surface area contributed by atoms with E-state index in [0.29, 0.717) is 18.0 Å². The molecule has 0 atom stereocenters. The maximum absolute atomic E-state index is 12.4. The van der Waals surface area contributed by atoms with Crippen molar-refractivity contribution in [1.29, 1.82) is 0 Å². The lowest BCUT2D eigenvalue weighted by Gasteiger charge is -2.18. The lowest BCUT2D eigenvalue weighted by Crippen LogP contribution is -2.18. The normalized spacial score (nSPS) is 12.7. The zero-order chi connectivity index (χ0) is 17.8. The van der Waals surface area contributed by atoms with Gasteiger partial charge >= 0.3 is 0 Å². The van der Waals surface area contributed by atoms with E-state index < -0.39 is 9.84 Å². The highest BCUT2D eigenvalue weighted by Crippen LogP contribution is 2.19. The summed E-state index contributed by atoms with van der Waals surface area (Å²) < 4.78 is 30.4. The monoisotopic (exact) mass is 388 g/mol. The summed E-state index contributed by atoms with van der Waals surface area (Å²) in [5.74, 6) is -0.0851. The first-order valence-corrected chi connectivity index (χ1v) is 11.5. The highest BCUT2D eigenvalue weighted by atomic mass is 32.2. The van der Waals surface area contributed by atoms with Crippen molar-refractivity contribution in [2.24, 2.45) is 0 Å². The Bertz CT molecular complexity index is 758. The van der Waals surface area contributed by atoms with Gasteiger partial charge in [-0.15, -0.1) is 22.7 Å². The highest BCUT2D eigenvalue weighted by Gasteiger charge is 2.18. The Balaban J connectivity index is 1.95. The molecule has 0 amide bonds. The van der Waals surface area contributed by atoms with Gasteiger partial charge in [-0.3, -0.25) is 0 Å². The Morgan fingerprint density at radius 3 is 2.12 bits per heavy atom. The third-order valence-corrected chi connectivity index (χ3v) is 6.33. The Morgan fingerprint density at radius 2 is 1.58 bits per heavy atom. The summed E-state index contributed by atoms with van der Waals surface area (Å²) in [5.41, 5.74) is 0.977. The number of sulfone groups is 1. The van der Waals surface area contributed by atoms with Crippen molar-refractivity contribution in [3.8, 4) is 0 Å². The molecule has 0 aliphatic carbocycles. The first-order chi connectivity index (χ1) is 11.2. The predicted molar refractivity (Wildman–Crippen MR) is 99.1 cm³/mol. The van der Waals surface area contributed by atoms with Crippen LogP contribution in [0.5, 0.6) is 0 Å². The number of aryl methyl sites for hydroxylation is 1. The van der Waals surface area contributed by atoms with Crippen LogP contribution in [-0.4, -0.2) is 24.0 Å². The van der Waals surface area contributed by atoms with Gasteiger partial charge in [-0.2, -0.15) is 0 Å². The molecule has 134 valence electrons. The lowest BCUT2D eigenvalue weighted by atomic mass is 10.2. The second-order valence-corrected chi connectivity index (χ2v) is 10.6. The molecule has 5 nitrogen and oxygen atoms in total. The van der Waals surface area contributed by atoms with E-state index in [-0.39, 0.29) is 17.1 Å². The average Bonchev–Trinajstić information content (AvgIpc) is 3.05. The molecule has 24 heavy (non-hydrogen) atoms. The molecule has 0 aromatic carbocycles. The van der Waals surface area contributed by atoms with Gasteiger partial charge in [0.15, 0.2) is 9.84 Å². The van der Waals surface area contributed by atoms with Crippen LogP contribution in [0, 0.1) is 0 Å². The minimum atomic E-state index is -3.27. The molecular formula is C16H24N2O3S3. The van der Waals surface area contributed by atoms with Crippen molar-refractivity contribution in [2.45, 2.75) is 64.3 Å². The van der Waals surface area contributed by atoms with Crippen LogP contribution in [0.4, 0.5) is 0 Å². The quantitative estimate of drug-likeness (QED) is 0.684. The summed E-state index contributed by atoms with van der Waals surface area (Å²) in [7, 11) is -3.27. The van der Waals surface area contributed by atoms with Crippen molar-refractivity contribution in [3.63, 3.8) is 0 Å². The summed E-state index contributed by atoms with van der Waals surface area (Å²) in [5, 5.41) is 5.43. The van der Waals surface area contributed by atoms with E-state index in [0.717, 1.165) is 22.9 Å². The molecule has 0 radical (unpaired) electrons. The molecule has 2 aromatic heterocycles. The van der Waals surface area contributed by atoms with Crippen molar-refractivity contribution >= 4 is 32.5 Å². The van der Waals surface area contributed by atoms with E-state index in [1.807, 2.05) is 26.2 Å². The van der Waals surface area contributed by atoms with Crippen LogP contribution < -0.4 is 0 Å². The lowest BCUT2D eigenvalue weighted by molar-refractivity contribution is -0.0150. The van der Waals surface area contributed by atoms with E-state index in [9.17, 15) is 8.42 Å². The van der Waals surface area contributed by atoms with Gasteiger partial charge in [-0.05, 0) is 33.6 Å². The molecule has 8 heteroatoms. The van der Waals surface area contributed by atoms with Crippen molar-refractivity contribution in [3.05, 3.63) is 32.2 Å². The molecule has 0 bridgehead atoms. The van der Waals surface area contributed by atoms with Crippen molar-refractivity contribution < 1.29 is 13.2 Å². The summed E-state index contributed by atoms with van der Waals surface area (Å²) in [6, 6.07) is 0. The molecule has 0 aliphatic heterocycles. The topological polar surface area (TPSA) is 69.2 Å². The maximum Gasteiger partial charge on any atom is 0.161 e. The second-order valence-electron chi connectivity index (χ2n) is 6.65. The summed E-state index contributed by atoms with van der Waals surface area (Å²) >= 11 is 2.96. The zero-order valence-corrected chi connectivity index (χ0v) is 17.0. The number of thiazole rings is 2. The molecule has 0 unspecified atom stereocenters. The third-order valence-electron chi connectivity index (χ3n) is 3.03. The van der Waals surface area contributed by atoms with Crippen LogP contribution in [0.3, 0.4) is 0 Å². The Morgan fingerprint density at radius 1 is 1.04 bits per heavy atom. The van der Waals surface area contributed by atoms with E-state index in [4.69, 9.17) is 4.74 Å². The molecule has 0 N–H and O–H groups in total. The summed E-state index contributed by atoms with van der Waals surface area (Å²) in [6.07, 6.45) is 1.91. The fraction of sp³-hybridized carbons (Fsp3) is 0.625. The fourth-order valence-corrected chi connectivity index (χ4v) is 5.12. The van der Waals surface area contributed by atoms with Gasteiger partial charge < -0.3 is 4.74 Å². The van der Waals surface area contributed by atoms with Crippen LogP contribution in [-0.2, 0) is 39.1 Å². The van der Waals surface area contributed by atoms with E-state index in [2.05, 4.69) is 16.9 Å². The Kier molecular flexibility index (Phi) is 6.52. The van der Waals surface area contributed by atoms with Crippen molar-refractivity contribution in [2.75, 3.05) is 0 Å². The fourth-order valence-electron chi connectivity index (χ4n) is 2.01. The van der Waals surface area contributed by atoms with Gasteiger partial charge in [0.1, 0.15) is 5.01 Å². The van der Waals surface area contributed by atoms with Crippen LogP contribution in [0.2, 0.25) is 0 Å². The van der Waals surface area contributed by atoms with Crippen LogP contribution in [0.1, 0.15) is 55.5 Å². The maximum atomic E-state index is 12.4. The minimum Gasteiger partial charge on any atom is -0.369 e. The molecule has 0 saturated heterocycles. The second kappa shape index (κ2) is 8.03. The Labute approximate surface area is 152 Å². The molecule has 0 saturated carbocycles. The highest BCUT2D eigenvalue weighted by molar-refractivity contribution is 7.89. The average molecular weight is 389 g/mol. The minimum absolute atomic E-state index is 0.0292. The first kappa shape index (κ1) is 19.5. The first-order valence-electron chi connectivity index (χ1n) is 7.88. The van der Waals surface area contributed by atoms with Gasteiger partial charge in [0.25, 0.3) is 0 Å². The summed E-state index contributed by atoms with van der Waals surface area (Å²) in [4.78, 5) is 8.76. The van der Waals surface area contributed by atoms with Crippen molar-refractivity contribution in [1.82, 2.24) is 9.97 Å². The standard InChI is InChI=1S/C16H24N2O3S3/c1-5-6-14-17-12(8-22-14)10-24(19,20)11-13-9-23-15(18-13)7-21-16(2,3)4/h8-9H,5-7,10-11H2,1-4H3. The Hall–Kier alpha value is -0.830. The van der Waals surface area contributed by atoms with E-state index in [1.165, 1.54) is 22.7 Å². The molecule has 2 rings (SSSR count). The largest absolute Gasteiger partial charge is 0.369 e. The predicted octanol–water partition coefficient (Wildman–Crippen LogP) is 3.98. The van der Waals surface area contributed by atoms with Gasteiger partial charge in [0, 0.05) is 10.8 Å². The number of hydrogen-bond acceptors (Lipinski definition) is 7. The summed E-state index contributed by atoms with van der Waals surface area (Å²) in [6.45, 7) is 8.42. The van der Waals surface area contributed by atoms with Crippen LogP contribution in [0.25, 0.3) is 0 Å². The number of aromatic nitrogens is 2. The zero-order valence-electron chi connectivity index (χ0n) is 14.5. The van der Waals surface area contributed by atoms with Gasteiger partial charge in [-0.25, -0.2) is 18.4 Å². The SMILES string of the molecule is CCCc1nc(CS(=O)(=O)Cc2csc(COC(C)(C)C)n2)cs1. The third kappa shape index (κ3) is 6.58. The van der Waals surface area contributed by atoms with Gasteiger partial charge in [0.05, 0.1) is 40.1 Å². The van der Waals surface area contributed by atoms with E-state index in [1.54, 1.807) is 5.38 Å². The molecular weight excluding hydrogens is 364 g/mol. The van der Waals surface area contributed by atoms with E-state index >= 15 is 0 Å². The number of ether oxygens (including phenoxy) is 1. The van der Waals surface area contributed by atoms with Crippen LogP contribution >= 0.6 is 22.7 Å². The number of nitrogens with zero attached hydrogens (tertiary/aromatic N) is 2.